The number of aromatic nitrogens is 2. The second-order valence-corrected chi connectivity index (χ2v) is 16.6. The van der Waals surface area contributed by atoms with Crippen molar-refractivity contribution in [1.29, 1.82) is 0 Å². The van der Waals surface area contributed by atoms with Crippen LogP contribution in [0.4, 0.5) is 0 Å². The number of para-hydroxylation sites is 1. The summed E-state index contributed by atoms with van der Waals surface area (Å²) < 4.78 is 6.26. The summed E-state index contributed by atoms with van der Waals surface area (Å²) in [5.74, 6) is 0.684. The van der Waals surface area contributed by atoms with Crippen molar-refractivity contribution in [3.63, 3.8) is 0 Å². The first-order valence-corrected chi connectivity index (χ1v) is 21.6. The summed E-state index contributed by atoms with van der Waals surface area (Å²) in [5.41, 5.74) is 19.3. The molecule has 0 N–H and O–H groups in total. The van der Waals surface area contributed by atoms with Crippen LogP contribution < -0.4 is 0 Å². The average Bonchev–Trinajstić information content (AvgIpc) is 3.87. The fraction of sp³-hybridized carbons (Fsp3) is 0.0333. The van der Waals surface area contributed by atoms with Crippen molar-refractivity contribution < 1.29 is 4.42 Å². The maximum Gasteiger partial charge on any atom is 0.160 e. The molecule has 296 valence electrons. The van der Waals surface area contributed by atoms with Crippen molar-refractivity contribution in [2.24, 2.45) is 0 Å². The standard InChI is InChI=1S/C60H40N2O/c1-60(47-20-9-4-10-21-47)52-25-13-11-23-49(52)58-50(24-15-26-53(58)60)55-38-54(61-59(62-55)42-18-7-3-8-19-42)46-35-44(41-30-28-40(29-31-41)39-16-5-2-6-17-39)34-45(36-46)43-32-33-57-51(37-43)48-22-12-14-27-56(48)63-57/h2-38H,1H3. The minimum atomic E-state index is -0.331. The molecule has 9 aromatic carbocycles. The minimum Gasteiger partial charge on any atom is -0.456 e. The summed E-state index contributed by atoms with van der Waals surface area (Å²) in [6.45, 7) is 2.36. The zero-order valence-corrected chi connectivity index (χ0v) is 34.7. The van der Waals surface area contributed by atoms with E-state index in [1.807, 2.05) is 18.2 Å². The Bertz CT molecular complexity index is 3500. The summed E-state index contributed by atoms with van der Waals surface area (Å²) in [7, 11) is 0. The Morgan fingerprint density at radius 2 is 0.889 bits per heavy atom. The summed E-state index contributed by atoms with van der Waals surface area (Å²) >= 11 is 0. The van der Waals surface area contributed by atoms with E-state index in [2.05, 4.69) is 213 Å². The van der Waals surface area contributed by atoms with Crippen molar-refractivity contribution >= 4 is 21.9 Å². The van der Waals surface area contributed by atoms with Crippen LogP contribution in [0.1, 0.15) is 23.6 Å². The molecule has 0 amide bonds. The highest BCUT2D eigenvalue weighted by atomic mass is 16.3. The van der Waals surface area contributed by atoms with Gasteiger partial charge in [-0.3, -0.25) is 0 Å². The zero-order valence-electron chi connectivity index (χ0n) is 34.7. The largest absolute Gasteiger partial charge is 0.456 e. The van der Waals surface area contributed by atoms with Gasteiger partial charge in [-0.05, 0) is 111 Å². The molecule has 0 radical (unpaired) electrons. The van der Waals surface area contributed by atoms with Crippen molar-refractivity contribution in [3.8, 4) is 78.4 Å². The first-order chi connectivity index (χ1) is 31.1. The first-order valence-electron chi connectivity index (χ1n) is 21.6. The first kappa shape index (κ1) is 36.7. The number of furan rings is 1. The molecule has 1 atom stereocenters. The molecular weight excluding hydrogens is 765 g/mol. The number of hydrogen-bond donors (Lipinski definition) is 0. The maximum absolute atomic E-state index is 6.26. The molecule has 63 heavy (non-hydrogen) atoms. The molecule has 2 aromatic heterocycles. The number of rotatable bonds is 7. The van der Waals surface area contributed by atoms with Gasteiger partial charge in [-0.1, -0.05) is 182 Å². The average molecular weight is 805 g/mol. The predicted molar refractivity (Wildman–Crippen MR) is 259 cm³/mol. The number of fused-ring (bicyclic) bond motifs is 6. The van der Waals surface area contributed by atoms with Crippen LogP contribution >= 0.6 is 0 Å². The second-order valence-electron chi connectivity index (χ2n) is 16.6. The van der Waals surface area contributed by atoms with E-state index in [9.17, 15) is 0 Å². The maximum atomic E-state index is 6.26. The normalized spacial score (nSPS) is 14.2. The van der Waals surface area contributed by atoms with E-state index >= 15 is 0 Å². The van der Waals surface area contributed by atoms with Crippen LogP contribution in [0.25, 0.3) is 100 Å². The third-order valence-electron chi connectivity index (χ3n) is 13.0. The van der Waals surface area contributed by atoms with Crippen LogP contribution in [0.15, 0.2) is 229 Å². The smallest absolute Gasteiger partial charge is 0.160 e. The lowest BCUT2D eigenvalue weighted by molar-refractivity contribution is 0.669. The molecule has 0 bridgehead atoms. The van der Waals surface area contributed by atoms with Crippen molar-refractivity contribution in [2.75, 3.05) is 0 Å². The molecule has 1 aliphatic carbocycles. The Morgan fingerprint density at radius 1 is 0.349 bits per heavy atom. The Hall–Kier alpha value is -8.14. The fourth-order valence-corrected chi connectivity index (χ4v) is 9.79. The Kier molecular flexibility index (Phi) is 8.62. The van der Waals surface area contributed by atoms with E-state index in [1.54, 1.807) is 0 Å². The molecule has 3 heteroatoms. The third kappa shape index (κ3) is 6.20. The lowest BCUT2D eigenvalue weighted by atomic mass is 9.74. The monoisotopic (exact) mass is 804 g/mol. The van der Waals surface area contributed by atoms with Crippen molar-refractivity contribution in [2.45, 2.75) is 12.3 Å². The highest BCUT2D eigenvalue weighted by Gasteiger charge is 2.41. The van der Waals surface area contributed by atoms with E-state index in [-0.39, 0.29) is 5.41 Å². The van der Waals surface area contributed by atoms with Gasteiger partial charge in [0.25, 0.3) is 0 Å². The molecule has 3 nitrogen and oxygen atoms in total. The summed E-state index contributed by atoms with van der Waals surface area (Å²) in [6, 6.07) is 80.1. The van der Waals surface area contributed by atoms with Gasteiger partial charge in [0.15, 0.2) is 5.82 Å². The number of benzene rings is 9. The van der Waals surface area contributed by atoms with Gasteiger partial charge in [0.1, 0.15) is 11.2 Å². The number of hydrogen-bond acceptors (Lipinski definition) is 3. The topological polar surface area (TPSA) is 38.9 Å². The van der Waals surface area contributed by atoms with Gasteiger partial charge in [0, 0.05) is 32.9 Å². The third-order valence-corrected chi connectivity index (χ3v) is 13.0. The van der Waals surface area contributed by atoms with E-state index in [0.717, 1.165) is 72.3 Å². The van der Waals surface area contributed by atoms with Crippen molar-refractivity contribution in [3.05, 3.63) is 241 Å². The van der Waals surface area contributed by atoms with Gasteiger partial charge in [0.2, 0.25) is 0 Å². The Morgan fingerprint density at radius 3 is 1.67 bits per heavy atom. The fourth-order valence-electron chi connectivity index (χ4n) is 9.79. The molecule has 0 saturated carbocycles. The molecule has 0 spiro atoms. The van der Waals surface area contributed by atoms with Crippen LogP contribution in [0.2, 0.25) is 0 Å². The highest BCUT2D eigenvalue weighted by molar-refractivity contribution is 6.06. The summed E-state index contributed by atoms with van der Waals surface area (Å²) in [6.07, 6.45) is 0. The van der Waals surface area contributed by atoms with E-state index in [0.29, 0.717) is 5.82 Å². The van der Waals surface area contributed by atoms with Gasteiger partial charge in [-0.2, -0.15) is 0 Å². The van der Waals surface area contributed by atoms with Crippen LogP contribution in [0.5, 0.6) is 0 Å². The minimum absolute atomic E-state index is 0.331. The summed E-state index contributed by atoms with van der Waals surface area (Å²) in [5, 5.41) is 2.20. The van der Waals surface area contributed by atoms with Gasteiger partial charge >= 0.3 is 0 Å². The lowest BCUT2D eigenvalue weighted by Crippen LogP contribution is -2.22. The Labute approximate surface area is 366 Å². The van der Waals surface area contributed by atoms with Crippen molar-refractivity contribution in [1.82, 2.24) is 9.97 Å². The van der Waals surface area contributed by atoms with Gasteiger partial charge in [-0.25, -0.2) is 9.97 Å². The molecule has 1 aliphatic rings. The number of nitrogens with zero attached hydrogens (tertiary/aromatic N) is 2. The summed E-state index contributed by atoms with van der Waals surface area (Å²) in [4.78, 5) is 10.8. The molecule has 0 aliphatic heterocycles. The van der Waals surface area contributed by atoms with Crippen LogP contribution in [-0.2, 0) is 5.41 Å². The molecule has 2 heterocycles. The van der Waals surface area contributed by atoms with Gasteiger partial charge in [0.05, 0.1) is 11.4 Å². The zero-order chi connectivity index (χ0) is 41.9. The molecule has 11 aromatic rings. The quantitative estimate of drug-likeness (QED) is 0.161. The van der Waals surface area contributed by atoms with Gasteiger partial charge in [-0.15, -0.1) is 0 Å². The molecule has 12 rings (SSSR count). The van der Waals surface area contributed by atoms with E-state index in [1.165, 1.54) is 38.9 Å². The van der Waals surface area contributed by atoms with E-state index < -0.39 is 0 Å². The predicted octanol–water partition coefficient (Wildman–Crippen LogP) is 15.7. The van der Waals surface area contributed by atoms with E-state index in [4.69, 9.17) is 14.4 Å². The van der Waals surface area contributed by atoms with Crippen LogP contribution in [-0.4, -0.2) is 9.97 Å². The molecule has 1 unspecified atom stereocenters. The molecular formula is C60H40N2O. The molecule has 0 saturated heterocycles. The van der Waals surface area contributed by atoms with Gasteiger partial charge < -0.3 is 4.42 Å². The van der Waals surface area contributed by atoms with Crippen LogP contribution in [0, 0.1) is 0 Å². The van der Waals surface area contributed by atoms with Crippen LogP contribution in [0.3, 0.4) is 0 Å². The lowest BCUT2D eigenvalue weighted by Gasteiger charge is -2.28. The second kappa shape index (κ2) is 14.8. The molecule has 0 fully saturated rings. The SMILES string of the molecule is CC1(c2ccccc2)c2ccccc2-c2c(-c3cc(-c4cc(-c5ccc(-c6ccccc6)cc5)cc(-c5ccc6oc7ccccc7c6c5)c4)nc(-c4ccccc4)n3)cccc21. The highest BCUT2D eigenvalue weighted by Crippen LogP contribution is 2.55. The Balaban J connectivity index is 1.08.